The van der Waals surface area contributed by atoms with Gasteiger partial charge in [-0.05, 0) is 18.6 Å². The number of phenolic OH excluding ortho intramolecular Hbond substituents is 1. The number of nitrogens with one attached hydrogen (secondary N) is 2. The van der Waals surface area contributed by atoms with Gasteiger partial charge in [0.15, 0.2) is 5.54 Å². The van der Waals surface area contributed by atoms with Crippen molar-refractivity contribution in [1.29, 1.82) is 0 Å². The Hall–Kier alpha value is -2.82. The van der Waals surface area contributed by atoms with E-state index >= 15 is 0 Å². The molecule has 0 bridgehead atoms. The van der Waals surface area contributed by atoms with E-state index in [4.69, 9.17) is 0 Å². The van der Waals surface area contributed by atoms with Gasteiger partial charge >= 0.3 is 6.03 Å². The van der Waals surface area contributed by atoms with Gasteiger partial charge < -0.3 is 10.4 Å². The number of urea groups is 1. The van der Waals surface area contributed by atoms with E-state index in [1.54, 1.807) is 30.3 Å². The van der Waals surface area contributed by atoms with E-state index in [-0.39, 0.29) is 5.75 Å². The summed E-state index contributed by atoms with van der Waals surface area (Å²) in [7, 11) is 0. The lowest BCUT2D eigenvalue weighted by Crippen LogP contribution is -2.44. The Morgan fingerprint density at radius 2 is 1.67 bits per heavy atom. The maximum absolute atomic E-state index is 12.4. The summed E-state index contributed by atoms with van der Waals surface area (Å²) in [5, 5.41) is 15.0. The molecule has 1 heterocycles. The van der Waals surface area contributed by atoms with Crippen molar-refractivity contribution in [2.24, 2.45) is 0 Å². The maximum Gasteiger partial charge on any atom is 0.322 e. The van der Waals surface area contributed by atoms with Crippen molar-refractivity contribution in [1.82, 2.24) is 10.6 Å². The molecule has 2 aromatic carbocycles. The molecule has 106 valence electrons. The number of rotatable bonds is 2. The Bertz CT molecular complexity index is 725. The van der Waals surface area contributed by atoms with Crippen LogP contribution in [0.4, 0.5) is 4.79 Å². The second-order valence-electron chi connectivity index (χ2n) is 5.04. The number of carbonyl (C=O) groups is 2. The number of benzene rings is 2. The number of hydrogen-bond donors (Lipinski definition) is 3. The van der Waals surface area contributed by atoms with Crippen molar-refractivity contribution < 1.29 is 14.7 Å². The first-order valence-corrected chi connectivity index (χ1v) is 6.53. The van der Waals surface area contributed by atoms with E-state index in [9.17, 15) is 14.7 Å². The van der Waals surface area contributed by atoms with E-state index in [0.29, 0.717) is 11.1 Å². The molecule has 3 rings (SSSR count). The van der Waals surface area contributed by atoms with Crippen LogP contribution in [0.5, 0.6) is 5.75 Å². The largest absolute Gasteiger partial charge is 0.508 e. The zero-order valence-electron chi connectivity index (χ0n) is 11.4. The van der Waals surface area contributed by atoms with Crippen LogP contribution in [-0.2, 0) is 10.3 Å². The van der Waals surface area contributed by atoms with Gasteiger partial charge in [0.25, 0.3) is 5.91 Å². The fraction of sp³-hybridized carbons (Fsp3) is 0.125. The number of para-hydroxylation sites is 1. The molecule has 1 aliphatic heterocycles. The minimum Gasteiger partial charge on any atom is -0.508 e. The summed E-state index contributed by atoms with van der Waals surface area (Å²) >= 11 is 0. The predicted molar refractivity (Wildman–Crippen MR) is 76.7 cm³/mol. The molecule has 0 saturated carbocycles. The van der Waals surface area contributed by atoms with E-state index in [1.807, 2.05) is 19.1 Å². The fourth-order valence-corrected chi connectivity index (χ4v) is 2.60. The normalized spacial score (nSPS) is 21.0. The number of aromatic hydroxyl groups is 1. The summed E-state index contributed by atoms with van der Waals surface area (Å²) in [4.78, 5) is 24.1. The van der Waals surface area contributed by atoms with Gasteiger partial charge in [-0.2, -0.15) is 0 Å². The Labute approximate surface area is 121 Å². The van der Waals surface area contributed by atoms with Crippen LogP contribution in [0, 0.1) is 6.92 Å². The monoisotopic (exact) mass is 282 g/mol. The minimum absolute atomic E-state index is 0.0459. The average molecular weight is 282 g/mol. The smallest absolute Gasteiger partial charge is 0.322 e. The molecule has 3 N–H and O–H groups in total. The maximum atomic E-state index is 12.4. The van der Waals surface area contributed by atoms with Crippen LogP contribution in [0.15, 0.2) is 48.5 Å². The molecule has 0 spiro atoms. The molecule has 0 radical (unpaired) electrons. The first-order chi connectivity index (χ1) is 10.0. The molecule has 1 saturated heterocycles. The van der Waals surface area contributed by atoms with Crippen molar-refractivity contribution in [2.75, 3.05) is 0 Å². The second-order valence-corrected chi connectivity index (χ2v) is 5.04. The van der Waals surface area contributed by atoms with E-state index in [1.165, 1.54) is 6.07 Å². The highest BCUT2D eigenvalue weighted by molar-refractivity contribution is 6.09. The van der Waals surface area contributed by atoms with Gasteiger partial charge in [-0.3, -0.25) is 10.1 Å². The van der Waals surface area contributed by atoms with Crippen molar-refractivity contribution in [2.45, 2.75) is 12.5 Å². The van der Waals surface area contributed by atoms with Gasteiger partial charge in [0.2, 0.25) is 0 Å². The zero-order valence-corrected chi connectivity index (χ0v) is 11.4. The van der Waals surface area contributed by atoms with Crippen LogP contribution in [0.1, 0.15) is 16.7 Å². The number of imide groups is 1. The summed E-state index contributed by atoms with van der Waals surface area (Å²) < 4.78 is 0. The number of phenols is 1. The lowest BCUT2D eigenvalue weighted by molar-refractivity contribution is -0.122. The van der Waals surface area contributed by atoms with Gasteiger partial charge in [0.05, 0.1) is 0 Å². The number of amides is 3. The molecular formula is C16H14N2O3. The Balaban J connectivity index is 2.26. The Kier molecular flexibility index (Phi) is 2.90. The van der Waals surface area contributed by atoms with E-state index in [2.05, 4.69) is 10.6 Å². The molecule has 1 fully saturated rings. The molecule has 2 aromatic rings. The highest BCUT2D eigenvalue weighted by atomic mass is 16.3. The summed E-state index contributed by atoms with van der Waals surface area (Å²) in [6.07, 6.45) is 0. The molecule has 0 aliphatic carbocycles. The molecule has 5 heteroatoms. The summed E-state index contributed by atoms with van der Waals surface area (Å²) in [5.74, 6) is -0.548. The van der Waals surface area contributed by atoms with Crippen molar-refractivity contribution >= 4 is 11.9 Å². The van der Waals surface area contributed by atoms with Crippen molar-refractivity contribution in [3.8, 4) is 5.75 Å². The van der Waals surface area contributed by atoms with Crippen molar-refractivity contribution in [3.63, 3.8) is 0 Å². The number of hydrogen-bond acceptors (Lipinski definition) is 3. The molecule has 21 heavy (non-hydrogen) atoms. The lowest BCUT2D eigenvalue weighted by Gasteiger charge is -2.27. The molecule has 0 aromatic heterocycles. The standard InChI is InChI=1S/C16H14N2O3/c1-10-6-8-11(9-7-10)16(14(20)17-15(21)18-16)12-4-2-3-5-13(12)19/h2-9,19H,1H3,(H2,17,18,20,21). The topological polar surface area (TPSA) is 78.4 Å². The van der Waals surface area contributed by atoms with Crippen LogP contribution in [-0.4, -0.2) is 17.0 Å². The van der Waals surface area contributed by atoms with E-state index < -0.39 is 17.5 Å². The SMILES string of the molecule is Cc1ccc(C2(c3ccccc3O)NC(=O)NC2=O)cc1. The second kappa shape index (κ2) is 4.63. The van der Waals surface area contributed by atoms with E-state index in [0.717, 1.165) is 5.56 Å². The van der Waals surface area contributed by atoms with Crippen LogP contribution in [0.2, 0.25) is 0 Å². The average Bonchev–Trinajstić information content (AvgIpc) is 2.76. The van der Waals surface area contributed by atoms with Gasteiger partial charge in [-0.1, -0.05) is 48.0 Å². The first-order valence-electron chi connectivity index (χ1n) is 6.53. The Morgan fingerprint density at radius 1 is 1.00 bits per heavy atom. The molecule has 1 unspecified atom stereocenters. The highest BCUT2D eigenvalue weighted by Gasteiger charge is 2.50. The third kappa shape index (κ3) is 1.94. The van der Waals surface area contributed by atoms with Crippen molar-refractivity contribution in [3.05, 3.63) is 65.2 Å². The first kappa shape index (κ1) is 13.2. The zero-order chi connectivity index (χ0) is 15.0. The van der Waals surface area contributed by atoms with Gasteiger partial charge in [0.1, 0.15) is 5.75 Å². The van der Waals surface area contributed by atoms with Crippen LogP contribution in [0.25, 0.3) is 0 Å². The van der Waals surface area contributed by atoms with Gasteiger partial charge in [0, 0.05) is 5.56 Å². The minimum atomic E-state index is -1.41. The quantitative estimate of drug-likeness (QED) is 0.735. The number of aryl methyl sites for hydroxylation is 1. The molecule has 3 amide bonds. The van der Waals surface area contributed by atoms with Crippen LogP contribution in [0.3, 0.4) is 0 Å². The Morgan fingerprint density at radius 3 is 2.24 bits per heavy atom. The molecular weight excluding hydrogens is 268 g/mol. The molecule has 1 aliphatic rings. The predicted octanol–water partition coefficient (Wildman–Crippen LogP) is 1.78. The third-order valence-corrected chi connectivity index (χ3v) is 3.66. The summed E-state index contributed by atoms with van der Waals surface area (Å²) in [6.45, 7) is 1.93. The summed E-state index contributed by atoms with van der Waals surface area (Å²) in [5.41, 5.74) is 0.571. The van der Waals surface area contributed by atoms with Crippen LogP contribution < -0.4 is 10.6 Å². The summed E-state index contributed by atoms with van der Waals surface area (Å²) in [6, 6.07) is 13.2. The lowest BCUT2D eigenvalue weighted by atomic mass is 9.82. The van der Waals surface area contributed by atoms with Crippen LogP contribution >= 0.6 is 0 Å². The fourth-order valence-electron chi connectivity index (χ4n) is 2.60. The van der Waals surface area contributed by atoms with Gasteiger partial charge in [-0.15, -0.1) is 0 Å². The van der Waals surface area contributed by atoms with Gasteiger partial charge in [-0.25, -0.2) is 4.79 Å². The highest BCUT2D eigenvalue weighted by Crippen LogP contribution is 2.37. The molecule has 5 nitrogen and oxygen atoms in total. The third-order valence-electron chi connectivity index (χ3n) is 3.66. The number of carbonyl (C=O) groups excluding carboxylic acids is 2. The molecule has 1 atom stereocenters.